The van der Waals surface area contributed by atoms with Gasteiger partial charge < -0.3 is 19.6 Å². The molecule has 0 radical (unpaired) electrons. The summed E-state index contributed by atoms with van der Waals surface area (Å²) in [6.45, 7) is 5.95. The summed E-state index contributed by atoms with van der Waals surface area (Å²) in [5.41, 5.74) is 0.777. The number of aromatic nitrogens is 1. The highest BCUT2D eigenvalue weighted by atomic mass is 16.6. The number of hydrogen-bond donors (Lipinski definition) is 1. The Labute approximate surface area is 135 Å². The number of amides is 2. The van der Waals surface area contributed by atoms with Gasteiger partial charge in [-0.15, -0.1) is 0 Å². The van der Waals surface area contributed by atoms with Crippen LogP contribution in [-0.4, -0.2) is 64.7 Å². The number of ether oxygens (including phenoxy) is 1. The standard InChI is InChI=1S/C16H23N3O4/c1-12(2)11-23-16(22)19-8-6-18(7-9-19)15(21)14-5-3-4-13(10-20)17-14/h3-5,12,20H,6-11H2,1-2H3. The summed E-state index contributed by atoms with van der Waals surface area (Å²) in [6.07, 6.45) is -0.328. The molecule has 2 rings (SSSR count). The highest BCUT2D eigenvalue weighted by Gasteiger charge is 2.26. The van der Waals surface area contributed by atoms with E-state index >= 15 is 0 Å². The third-order valence-electron chi connectivity index (χ3n) is 3.55. The van der Waals surface area contributed by atoms with E-state index in [1.165, 1.54) is 0 Å². The molecule has 1 aromatic rings. The number of aliphatic hydroxyl groups is 1. The van der Waals surface area contributed by atoms with Crippen LogP contribution >= 0.6 is 0 Å². The van der Waals surface area contributed by atoms with E-state index in [4.69, 9.17) is 9.84 Å². The molecular formula is C16H23N3O4. The Hall–Kier alpha value is -2.15. The molecule has 1 N–H and O–H groups in total. The number of pyridine rings is 1. The number of carbonyl (C=O) groups excluding carboxylic acids is 2. The lowest BCUT2D eigenvalue weighted by Crippen LogP contribution is -2.51. The summed E-state index contributed by atoms with van der Waals surface area (Å²) in [5, 5.41) is 9.09. The van der Waals surface area contributed by atoms with Gasteiger partial charge in [0.2, 0.25) is 0 Å². The quantitative estimate of drug-likeness (QED) is 0.898. The average Bonchev–Trinajstić information content (AvgIpc) is 2.59. The van der Waals surface area contributed by atoms with E-state index in [9.17, 15) is 9.59 Å². The molecule has 0 saturated carbocycles. The van der Waals surface area contributed by atoms with E-state index in [0.717, 1.165) is 0 Å². The second-order valence-corrected chi connectivity index (χ2v) is 5.92. The predicted molar refractivity (Wildman–Crippen MR) is 83.8 cm³/mol. The van der Waals surface area contributed by atoms with Crippen molar-refractivity contribution in [3.63, 3.8) is 0 Å². The van der Waals surface area contributed by atoms with Crippen LogP contribution in [0, 0.1) is 5.92 Å². The van der Waals surface area contributed by atoms with E-state index in [0.29, 0.717) is 50.1 Å². The van der Waals surface area contributed by atoms with Crippen LogP contribution in [0.1, 0.15) is 30.0 Å². The second kappa shape index (κ2) is 7.92. The number of aliphatic hydroxyl groups excluding tert-OH is 1. The van der Waals surface area contributed by atoms with Crippen LogP contribution < -0.4 is 0 Å². The second-order valence-electron chi connectivity index (χ2n) is 5.92. The summed E-state index contributed by atoms with van der Waals surface area (Å²) in [4.78, 5) is 31.7. The van der Waals surface area contributed by atoms with Crippen LogP contribution in [0.15, 0.2) is 18.2 Å². The van der Waals surface area contributed by atoms with E-state index < -0.39 is 0 Å². The van der Waals surface area contributed by atoms with Crippen molar-refractivity contribution >= 4 is 12.0 Å². The maximum Gasteiger partial charge on any atom is 0.409 e. The molecule has 0 unspecified atom stereocenters. The van der Waals surface area contributed by atoms with Crippen LogP contribution in [0.3, 0.4) is 0 Å². The molecule has 7 nitrogen and oxygen atoms in total. The van der Waals surface area contributed by atoms with Gasteiger partial charge in [-0.1, -0.05) is 19.9 Å². The van der Waals surface area contributed by atoms with Gasteiger partial charge in [0.05, 0.1) is 18.9 Å². The fraction of sp³-hybridized carbons (Fsp3) is 0.562. The Morgan fingerprint density at radius 2 is 1.87 bits per heavy atom. The van der Waals surface area contributed by atoms with Crippen LogP contribution in [0.5, 0.6) is 0 Å². The molecule has 1 saturated heterocycles. The van der Waals surface area contributed by atoms with Gasteiger partial charge in [-0.3, -0.25) is 4.79 Å². The normalized spacial score (nSPS) is 15.0. The molecule has 2 heterocycles. The van der Waals surface area contributed by atoms with Crippen molar-refractivity contribution in [1.29, 1.82) is 0 Å². The van der Waals surface area contributed by atoms with Crippen molar-refractivity contribution in [1.82, 2.24) is 14.8 Å². The van der Waals surface area contributed by atoms with E-state index in [2.05, 4.69) is 4.98 Å². The lowest BCUT2D eigenvalue weighted by atomic mass is 10.2. The Bertz CT molecular complexity index is 554. The van der Waals surface area contributed by atoms with Gasteiger partial charge in [0.25, 0.3) is 5.91 Å². The van der Waals surface area contributed by atoms with Crippen molar-refractivity contribution in [2.24, 2.45) is 5.92 Å². The first kappa shape index (κ1) is 17.2. The zero-order valence-corrected chi connectivity index (χ0v) is 13.6. The first-order valence-electron chi connectivity index (χ1n) is 7.79. The third-order valence-corrected chi connectivity index (χ3v) is 3.55. The third kappa shape index (κ3) is 4.66. The fourth-order valence-corrected chi connectivity index (χ4v) is 2.27. The van der Waals surface area contributed by atoms with Crippen molar-refractivity contribution in [3.05, 3.63) is 29.6 Å². The average molecular weight is 321 g/mol. The molecule has 0 aliphatic carbocycles. The first-order valence-corrected chi connectivity index (χ1v) is 7.79. The Kier molecular flexibility index (Phi) is 5.92. The van der Waals surface area contributed by atoms with Crippen molar-refractivity contribution < 1.29 is 19.4 Å². The minimum Gasteiger partial charge on any atom is -0.449 e. The van der Waals surface area contributed by atoms with Crippen LogP contribution in [0.2, 0.25) is 0 Å². The van der Waals surface area contributed by atoms with Gasteiger partial charge in [0.1, 0.15) is 5.69 Å². The summed E-state index contributed by atoms with van der Waals surface area (Å²) in [6, 6.07) is 5.00. The lowest BCUT2D eigenvalue weighted by molar-refractivity contribution is 0.0531. The predicted octanol–water partition coefficient (Wildman–Crippen LogP) is 1.12. The number of hydrogen-bond acceptors (Lipinski definition) is 5. The molecule has 23 heavy (non-hydrogen) atoms. The summed E-state index contributed by atoms with van der Waals surface area (Å²) < 4.78 is 5.20. The van der Waals surface area contributed by atoms with Crippen LogP contribution in [0.4, 0.5) is 4.79 Å². The smallest absolute Gasteiger partial charge is 0.409 e. The van der Waals surface area contributed by atoms with Gasteiger partial charge in [-0.05, 0) is 18.1 Å². The molecule has 0 bridgehead atoms. The molecule has 1 fully saturated rings. The summed E-state index contributed by atoms with van der Waals surface area (Å²) >= 11 is 0. The maximum absolute atomic E-state index is 12.4. The number of piperazine rings is 1. The molecule has 0 atom stereocenters. The molecule has 126 valence electrons. The maximum atomic E-state index is 12.4. The van der Waals surface area contributed by atoms with Gasteiger partial charge >= 0.3 is 6.09 Å². The van der Waals surface area contributed by atoms with Gasteiger partial charge in [-0.2, -0.15) is 0 Å². The molecule has 1 aliphatic heterocycles. The topological polar surface area (TPSA) is 83.0 Å². The van der Waals surface area contributed by atoms with E-state index in [1.54, 1.807) is 28.0 Å². The largest absolute Gasteiger partial charge is 0.449 e. The highest BCUT2D eigenvalue weighted by molar-refractivity contribution is 5.92. The lowest BCUT2D eigenvalue weighted by Gasteiger charge is -2.34. The van der Waals surface area contributed by atoms with Gasteiger partial charge in [0.15, 0.2) is 0 Å². The van der Waals surface area contributed by atoms with Crippen molar-refractivity contribution in [3.8, 4) is 0 Å². The zero-order valence-electron chi connectivity index (χ0n) is 13.6. The number of rotatable bonds is 4. The molecule has 7 heteroatoms. The minimum atomic E-state index is -0.328. The number of carbonyl (C=O) groups is 2. The first-order chi connectivity index (χ1) is 11.0. The molecule has 1 aromatic heterocycles. The van der Waals surface area contributed by atoms with Crippen molar-refractivity contribution in [2.45, 2.75) is 20.5 Å². The number of nitrogens with zero attached hydrogens (tertiary/aromatic N) is 3. The minimum absolute atomic E-state index is 0.185. The molecule has 1 aliphatic rings. The summed E-state index contributed by atoms with van der Waals surface area (Å²) in [5.74, 6) is 0.113. The van der Waals surface area contributed by atoms with Crippen LogP contribution in [0.25, 0.3) is 0 Å². The fourth-order valence-electron chi connectivity index (χ4n) is 2.27. The SMILES string of the molecule is CC(C)COC(=O)N1CCN(C(=O)c2cccc(CO)n2)CC1. The molecule has 0 spiro atoms. The molecular weight excluding hydrogens is 298 g/mol. The van der Waals surface area contributed by atoms with E-state index in [-0.39, 0.29) is 18.6 Å². The molecule has 2 amide bonds. The van der Waals surface area contributed by atoms with Crippen molar-refractivity contribution in [2.75, 3.05) is 32.8 Å². The monoisotopic (exact) mass is 321 g/mol. The van der Waals surface area contributed by atoms with E-state index in [1.807, 2.05) is 13.8 Å². The van der Waals surface area contributed by atoms with Crippen LogP contribution in [-0.2, 0) is 11.3 Å². The van der Waals surface area contributed by atoms with Gasteiger partial charge in [0, 0.05) is 26.2 Å². The highest BCUT2D eigenvalue weighted by Crippen LogP contribution is 2.09. The molecule has 0 aromatic carbocycles. The Balaban J connectivity index is 1.88. The summed E-state index contributed by atoms with van der Waals surface area (Å²) in [7, 11) is 0. The van der Waals surface area contributed by atoms with Gasteiger partial charge in [-0.25, -0.2) is 9.78 Å². The Morgan fingerprint density at radius 3 is 2.48 bits per heavy atom. The Morgan fingerprint density at radius 1 is 1.22 bits per heavy atom. The zero-order chi connectivity index (χ0) is 16.8.